The lowest BCUT2D eigenvalue weighted by molar-refractivity contribution is -0.145. The van der Waals surface area contributed by atoms with Crippen molar-refractivity contribution in [1.82, 2.24) is 15.4 Å². The second-order valence-corrected chi connectivity index (χ2v) is 10.8. The Labute approximate surface area is 205 Å². The van der Waals surface area contributed by atoms with Gasteiger partial charge in [-0.2, -0.15) is 0 Å². The molecule has 3 rings (SSSR count). The zero-order valence-corrected chi connectivity index (χ0v) is 22.2. The summed E-state index contributed by atoms with van der Waals surface area (Å²) in [7, 11) is -1.61. The van der Waals surface area contributed by atoms with Crippen LogP contribution in [0.25, 0.3) is 0 Å². The summed E-state index contributed by atoms with van der Waals surface area (Å²) in [4.78, 5) is 4.32. The largest absolute Gasteiger partial charge is 0.378 e. The van der Waals surface area contributed by atoms with Gasteiger partial charge >= 0.3 is 0 Å². The number of ether oxygens (including phenoxy) is 2. The van der Waals surface area contributed by atoms with Crippen LogP contribution in [-0.4, -0.2) is 71.7 Å². The predicted octanol–water partition coefficient (Wildman–Crippen LogP) is 2.39. The van der Waals surface area contributed by atoms with Gasteiger partial charge in [-0.05, 0) is 45.4 Å². The summed E-state index contributed by atoms with van der Waals surface area (Å²) in [5.41, 5.74) is 0.194. The molecule has 8 nitrogen and oxygen atoms in total. The molecule has 3 unspecified atom stereocenters. The smallest absolute Gasteiger partial charge is 0.213 e. The quantitative estimate of drug-likeness (QED) is 0.223. The molecular weight excluding hydrogens is 531 g/mol. The topological polar surface area (TPSA) is 101 Å². The maximum Gasteiger partial charge on any atom is 0.213 e. The standard InChI is InChI=1S/C21H40N4O4S.HI/c1-3-28-19-15-18(21(19)10-6-4-7-11-21)25-20(22-2)23-12-14-30(26,27)24-16-17-9-5-8-13-29-17;/h17-19,24H,3-16H2,1-2H3,(H2,22,23,25);1H. The van der Waals surface area contributed by atoms with Crippen LogP contribution in [0.2, 0.25) is 0 Å². The lowest BCUT2D eigenvalue weighted by Crippen LogP contribution is -2.66. The van der Waals surface area contributed by atoms with Gasteiger partial charge in [0.15, 0.2) is 5.96 Å². The van der Waals surface area contributed by atoms with E-state index >= 15 is 0 Å². The van der Waals surface area contributed by atoms with Crippen molar-refractivity contribution in [3.63, 3.8) is 0 Å². The zero-order valence-electron chi connectivity index (χ0n) is 19.0. The van der Waals surface area contributed by atoms with Crippen LogP contribution < -0.4 is 15.4 Å². The number of guanidine groups is 1. The summed E-state index contributed by atoms with van der Waals surface area (Å²) in [5.74, 6) is 0.684. The molecule has 2 saturated carbocycles. The molecule has 0 amide bonds. The summed E-state index contributed by atoms with van der Waals surface area (Å²) in [6.07, 6.45) is 10.6. The van der Waals surface area contributed by atoms with E-state index in [2.05, 4.69) is 27.3 Å². The minimum Gasteiger partial charge on any atom is -0.378 e. The summed E-state index contributed by atoms with van der Waals surface area (Å²) in [5, 5.41) is 6.72. The van der Waals surface area contributed by atoms with E-state index in [0.29, 0.717) is 31.2 Å². The van der Waals surface area contributed by atoms with Crippen molar-refractivity contribution in [3.05, 3.63) is 0 Å². The molecule has 0 aromatic rings. The van der Waals surface area contributed by atoms with Gasteiger partial charge in [-0.1, -0.05) is 19.3 Å². The molecule has 1 spiro atoms. The first-order chi connectivity index (χ1) is 14.5. The molecule has 1 aliphatic heterocycles. The first-order valence-electron chi connectivity index (χ1n) is 11.7. The minimum absolute atomic E-state index is 0. The monoisotopic (exact) mass is 572 g/mol. The summed E-state index contributed by atoms with van der Waals surface area (Å²) >= 11 is 0. The number of hydrogen-bond acceptors (Lipinski definition) is 5. The second-order valence-electron chi connectivity index (χ2n) is 8.83. The Hall–Kier alpha value is -0.170. The Morgan fingerprint density at radius 3 is 2.61 bits per heavy atom. The highest BCUT2D eigenvalue weighted by Crippen LogP contribution is 2.53. The normalized spacial score (nSPS) is 28.5. The molecule has 31 heavy (non-hydrogen) atoms. The van der Waals surface area contributed by atoms with Crippen LogP contribution in [-0.2, 0) is 19.5 Å². The molecule has 3 N–H and O–H groups in total. The van der Waals surface area contributed by atoms with Gasteiger partial charge in [0, 0.05) is 44.8 Å². The third-order valence-electron chi connectivity index (χ3n) is 6.94. The van der Waals surface area contributed by atoms with Crippen LogP contribution in [0.1, 0.15) is 64.7 Å². The number of sulfonamides is 1. The SMILES string of the molecule is CCOC1CC(NC(=NC)NCCS(=O)(=O)NCC2CCCCO2)C12CCCCC2.I. The molecule has 3 fully saturated rings. The van der Waals surface area contributed by atoms with E-state index in [1.54, 1.807) is 7.05 Å². The van der Waals surface area contributed by atoms with Crippen molar-refractivity contribution >= 4 is 40.0 Å². The molecule has 182 valence electrons. The summed E-state index contributed by atoms with van der Waals surface area (Å²) in [6, 6.07) is 0.332. The molecule has 3 atom stereocenters. The molecule has 1 saturated heterocycles. The van der Waals surface area contributed by atoms with Crippen LogP contribution in [0.3, 0.4) is 0 Å². The first-order valence-corrected chi connectivity index (χ1v) is 13.3. The van der Waals surface area contributed by atoms with E-state index in [1.165, 1.54) is 32.1 Å². The molecule has 0 bridgehead atoms. The average molecular weight is 573 g/mol. The van der Waals surface area contributed by atoms with Gasteiger partial charge in [0.05, 0.1) is 18.0 Å². The molecule has 0 radical (unpaired) electrons. The lowest BCUT2D eigenvalue weighted by atomic mass is 9.55. The number of aliphatic imine (C=N–C) groups is 1. The number of hydrogen-bond donors (Lipinski definition) is 3. The Bertz CT molecular complexity index is 664. The van der Waals surface area contributed by atoms with Gasteiger partial charge in [0.25, 0.3) is 0 Å². The van der Waals surface area contributed by atoms with E-state index < -0.39 is 10.0 Å². The molecular formula is C21H41IN4O4S. The predicted molar refractivity (Wildman–Crippen MR) is 135 cm³/mol. The maximum atomic E-state index is 12.3. The first kappa shape index (κ1) is 27.1. The zero-order chi connectivity index (χ0) is 21.5. The van der Waals surface area contributed by atoms with E-state index in [-0.39, 0.29) is 41.2 Å². The highest BCUT2D eigenvalue weighted by Gasteiger charge is 2.55. The minimum atomic E-state index is -3.34. The van der Waals surface area contributed by atoms with Crippen LogP contribution in [0.4, 0.5) is 0 Å². The van der Waals surface area contributed by atoms with Crippen LogP contribution in [0, 0.1) is 5.41 Å². The Morgan fingerprint density at radius 1 is 1.19 bits per heavy atom. The van der Waals surface area contributed by atoms with Crippen LogP contribution >= 0.6 is 24.0 Å². The molecule has 0 aromatic carbocycles. The van der Waals surface area contributed by atoms with E-state index in [9.17, 15) is 8.42 Å². The third-order valence-corrected chi connectivity index (χ3v) is 8.29. The van der Waals surface area contributed by atoms with Gasteiger partial charge in [0.2, 0.25) is 10.0 Å². The second kappa shape index (κ2) is 12.9. The fraction of sp³-hybridized carbons (Fsp3) is 0.952. The molecule has 2 aliphatic carbocycles. The van der Waals surface area contributed by atoms with E-state index in [4.69, 9.17) is 9.47 Å². The number of nitrogens with one attached hydrogen (secondary N) is 3. The average Bonchev–Trinajstić information content (AvgIpc) is 2.77. The van der Waals surface area contributed by atoms with E-state index in [0.717, 1.165) is 38.9 Å². The van der Waals surface area contributed by atoms with Crippen molar-refractivity contribution in [2.75, 3.05) is 39.1 Å². The lowest BCUT2D eigenvalue weighted by Gasteiger charge is -2.57. The summed E-state index contributed by atoms with van der Waals surface area (Å²) < 4.78 is 38.9. The van der Waals surface area contributed by atoms with Gasteiger partial charge in [-0.15, -0.1) is 24.0 Å². The van der Waals surface area contributed by atoms with Crippen molar-refractivity contribution in [3.8, 4) is 0 Å². The van der Waals surface area contributed by atoms with Crippen molar-refractivity contribution in [2.45, 2.75) is 83.0 Å². The molecule has 1 heterocycles. The third kappa shape index (κ3) is 7.41. The van der Waals surface area contributed by atoms with E-state index in [1.807, 2.05) is 0 Å². The number of halogens is 1. The molecule has 10 heteroatoms. The van der Waals surface area contributed by atoms with Crippen molar-refractivity contribution in [2.24, 2.45) is 10.4 Å². The Balaban J connectivity index is 0.00000341. The fourth-order valence-corrected chi connectivity index (χ4v) is 6.14. The highest BCUT2D eigenvalue weighted by atomic mass is 127. The van der Waals surface area contributed by atoms with Gasteiger partial charge in [-0.3, -0.25) is 4.99 Å². The van der Waals surface area contributed by atoms with Crippen LogP contribution in [0.15, 0.2) is 4.99 Å². The maximum absolute atomic E-state index is 12.3. The fourth-order valence-electron chi connectivity index (χ4n) is 5.19. The number of nitrogens with zero attached hydrogens (tertiary/aromatic N) is 1. The molecule has 3 aliphatic rings. The Morgan fingerprint density at radius 2 is 1.97 bits per heavy atom. The van der Waals surface area contributed by atoms with Crippen molar-refractivity contribution in [1.29, 1.82) is 0 Å². The number of rotatable bonds is 9. The highest BCUT2D eigenvalue weighted by molar-refractivity contribution is 14.0. The van der Waals surface area contributed by atoms with Gasteiger partial charge < -0.3 is 20.1 Å². The Kier molecular flexibility index (Phi) is 11.3. The van der Waals surface area contributed by atoms with Crippen LogP contribution in [0.5, 0.6) is 0 Å². The molecule has 0 aromatic heterocycles. The van der Waals surface area contributed by atoms with Gasteiger partial charge in [-0.25, -0.2) is 13.1 Å². The summed E-state index contributed by atoms with van der Waals surface area (Å²) in [6.45, 7) is 4.21. The van der Waals surface area contributed by atoms with Gasteiger partial charge in [0.1, 0.15) is 0 Å². The van der Waals surface area contributed by atoms with Crippen molar-refractivity contribution < 1.29 is 17.9 Å².